The molecule has 3 rings (SSSR count). The first-order valence-electron chi connectivity index (χ1n) is 7.95. The summed E-state index contributed by atoms with van der Waals surface area (Å²) in [5.41, 5.74) is 2.18. The SMILES string of the molecule is CCOC(=O)C[n+]1cc(-c2ccc(Cl)cc2)c(N2CCOCC2)s1. The van der Waals surface area contributed by atoms with E-state index in [1.54, 1.807) is 11.5 Å². The summed E-state index contributed by atoms with van der Waals surface area (Å²) in [6.45, 7) is 5.57. The summed E-state index contributed by atoms with van der Waals surface area (Å²) in [5, 5.41) is 1.85. The number of halogens is 1. The van der Waals surface area contributed by atoms with Crippen LogP contribution < -0.4 is 8.86 Å². The Hall–Kier alpha value is -1.63. The predicted octanol–water partition coefficient (Wildman–Crippen LogP) is 2.76. The van der Waals surface area contributed by atoms with Crippen LogP contribution in [-0.4, -0.2) is 38.9 Å². The Bertz CT molecular complexity index is 696. The van der Waals surface area contributed by atoms with Gasteiger partial charge in [0.2, 0.25) is 0 Å². The Kier molecular flexibility index (Phi) is 5.71. The second-order valence-electron chi connectivity index (χ2n) is 5.43. The van der Waals surface area contributed by atoms with Crippen LogP contribution in [0.3, 0.4) is 0 Å². The van der Waals surface area contributed by atoms with Crippen LogP contribution in [0.1, 0.15) is 6.92 Å². The summed E-state index contributed by atoms with van der Waals surface area (Å²) in [5.74, 6) is -0.222. The number of hydrogen-bond donors (Lipinski definition) is 0. The zero-order valence-corrected chi connectivity index (χ0v) is 15.1. The molecule has 0 bridgehead atoms. The van der Waals surface area contributed by atoms with Crippen LogP contribution in [0.2, 0.25) is 5.02 Å². The highest BCUT2D eigenvalue weighted by Crippen LogP contribution is 2.34. The second-order valence-corrected chi connectivity index (χ2v) is 6.90. The van der Waals surface area contributed by atoms with Crippen molar-refractivity contribution in [3.63, 3.8) is 0 Å². The lowest BCUT2D eigenvalue weighted by Crippen LogP contribution is -2.36. The van der Waals surface area contributed by atoms with E-state index < -0.39 is 0 Å². The lowest BCUT2D eigenvalue weighted by Gasteiger charge is -2.26. The number of morpholine rings is 1. The van der Waals surface area contributed by atoms with E-state index in [4.69, 9.17) is 21.1 Å². The van der Waals surface area contributed by atoms with Crippen LogP contribution in [0.4, 0.5) is 5.00 Å². The number of nitrogens with zero attached hydrogens (tertiary/aromatic N) is 2. The van der Waals surface area contributed by atoms with Gasteiger partial charge in [-0.1, -0.05) is 23.7 Å². The highest BCUT2D eigenvalue weighted by Gasteiger charge is 2.26. The summed E-state index contributed by atoms with van der Waals surface area (Å²) < 4.78 is 12.4. The number of anilines is 1. The zero-order chi connectivity index (χ0) is 16.9. The number of esters is 1. The number of rotatable bonds is 5. The third-order valence-electron chi connectivity index (χ3n) is 3.75. The van der Waals surface area contributed by atoms with Crippen LogP contribution in [-0.2, 0) is 20.8 Å². The van der Waals surface area contributed by atoms with Crippen LogP contribution in [0.5, 0.6) is 0 Å². The first kappa shape index (κ1) is 17.2. The van der Waals surface area contributed by atoms with Crippen molar-refractivity contribution < 1.29 is 18.2 Å². The van der Waals surface area contributed by atoms with E-state index in [1.165, 1.54) is 0 Å². The molecule has 0 N–H and O–H groups in total. The number of aromatic nitrogens is 1. The summed E-state index contributed by atoms with van der Waals surface area (Å²) in [6.07, 6.45) is 2.01. The van der Waals surface area contributed by atoms with Crippen LogP contribution in [0, 0.1) is 0 Å². The van der Waals surface area contributed by atoms with Crippen molar-refractivity contribution >= 4 is 34.1 Å². The Labute approximate surface area is 150 Å². The van der Waals surface area contributed by atoms with Crippen molar-refractivity contribution in [3.8, 4) is 11.1 Å². The summed E-state index contributed by atoms with van der Waals surface area (Å²) in [4.78, 5) is 14.1. The van der Waals surface area contributed by atoms with Gasteiger partial charge >= 0.3 is 5.97 Å². The van der Waals surface area contributed by atoms with E-state index in [0.29, 0.717) is 11.6 Å². The monoisotopic (exact) mass is 367 g/mol. The summed E-state index contributed by atoms with van der Waals surface area (Å²) in [6, 6.07) is 7.77. The number of benzene rings is 1. The van der Waals surface area contributed by atoms with E-state index in [9.17, 15) is 4.79 Å². The molecule has 2 heterocycles. The van der Waals surface area contributed by atoms with Crippen LogP contribution >= 0.6 is 23.1 Å². The Morgan fingerprint density at radius 2 is 2.04 bits per heavy atom. The molecule has 0 spiro atoms. The molecule has 1 aromatic carbocycles. The van der Waals surface area contributed by atoms with Gasteiger partial charge in [0.15, 0.2) is 22.7 Å². The average molecular weight is 368 g/mol. The molecule has 24 heavy (non-hydrogen) atoms. The molecule has 128 valence electrons. The fourth-order valence-electron chi connectivity index (χ4n) is 2.62. The van der Waals surface area contributed by atoms with Gasteiger partial charge in [0.05, 0.1) is 25.4 Å². The predicted molar refractivity (Wildman–Crippen MR) is 94.6 cm³/mol. The first-order valence-corrected chi connectivity index (χ1v) is 9.10. The molecule has 0 unspecified atom stereocenters. The maximum Gasteiger partial charge on any atom is 0.373 e. The van der Waals surface area contributed by atoms with E-state index >= 15 is 0 Å². The molecular weight excluding hydrogens is 348 g/mol. The smallest absolute Gasteiger partial charge is 0.373 e. The quantitative estimate of drug-likeness (QED) is 0.602. The lowest BCUT2D eigenvalue weighted by atomic mass is 10.1. The molecular formula is C17H20ClN2O3S+. The van der Waals surface area contributed by atoms with Crippen LogP contribution in [0.15, 0.2) is 30.5 Å². The van der Waals surface area contributed by atoms with Gasteiger partial charge < -0.3 is 14.4 Å². The highest BCUT2D eigenvalue weighted by molar-refractivity contribution is 7.07. The minimum Gasteiger partial charge on any atom is -0.461 e. The van der Waals surface area contributed by atoms with E-state index in [2.05, 4.69) is 4.90 Å². The Morgan fingerprint density at radius 1 is 1.33 bits per heavy atom. The van der Waals surface area contributed by atoms with Crippen molar-refractivity contribution in [1.82, 2.24) is 0 Å². The highest BCUT2D eigenvalue weighted by atomic mass is 35.5. The molecule has 0 amide bonds. The number of hydrogen-bond acceptors (Lipinski definition) is 5. The van der Waals surface area contributed by atoms with Gasteiger partial charge in [-0.2, -0.15) is 0 Å². The Balaban J connectivity index is 1.92. The van der Waals surface area contributed by atoms with Crippen LogP contribution in [0.25, 0.3) is 11.1 Å². The van der Waals surface area contributed by atoms with Crippen molar-refractivity contribution in [3.05, 3.63) is 35.5 Å². The fraction of sp³-hybridized carbons (Fsp3) is 0.412. The third kappa shape index (κ3) is 4.06. The average Bonchev–Trinajstić information content (AvgIpc) is 3.00. The normalized spacial score (nSPS) is 14.7. The van der Waals surface area contributed by atoms with Crippen molar-refractivity contribution in [2.24, 2.45) is 0 Å². The maximum atomic E-state index is 11.8. The molecule has 0 saturated carbocycles. The molecule has 1 saturated heterocycles. The minimum absolute atomic E-state index is 0.222. The lowest BCUT2D eigenvalue weighted by molar-refractivity contribution is -0.616. The molecule has 1 aromatic heterocycles. The number of carbonyl (C=O) groups excluding carboxylic acids is 1. The van der Waals surface area contributed by atoms with Gasteiger partial charge in [0.25, 0.3) is 6.54 Å². The van der Waals surface area contributed by atoms with Gasteiger partial charge in [-0.25, -0.2) is 4.79 Å². The third-order valence-corrected chi connectivity index (χ3v) is 5.12. The first-order chi connectivity index (χ1) is 11.7. The van der Waals surface area contributed by atoms with Crippen molar-refractivity contribution in [1.29, 1.82) is 0 Å². The topological polar surface area (TPSA) is 42.7 Å². The molecule has 0 atom stereocenters. The van der Waals surface area contributed by atoms with Crippen molar-refractivity contribution in [2.75, 3.05) is 37.8 Å². The van der Waals surface area contributed by atoms with E-state index in [1.807, 2.05) is 41.3 Å². The molecule has 0 radical (unpaired) electrons. The molecule has 5 nitrogen and oxygen atoms in total. The molecule has 1 aliphatic heterocycles. The summed E-state index contributed by atoms with van der Waals surface area (Å²) >= 11 is 7.58. The number of ether oxygens (including phenoxy) is 2. The van der Waals surface area contributed by atoms with Crippen molar-refractivity contribution in [2.45, 2.75) is 13.5 Å². The number of carbonyl (C=O) groups is 1. The van der Waals surface area contributed by atoms with Gasteiger partial charge in [-0.05, 0) is 24.6 Å². The Morgan fingerprint density at radius 3 is 2.71 bits per heavy atom. The molecule has 1 fully saturated rings. The molecule has 0 aliphatic carbocycles. The minimum atomic E-state index is -0.222. The van der Waals surface area contributed by atoms with Gasteiger partial charge in [0, 0.05) is 18.1 Å². The standard InChI is InChI=1S/C17H20ClN2O3S/c1-2-23-16(21)12-20-11-15(13-3-5-14(18)6-4-13)17(24-20)19-7-9-22-10-8-19/h3-6,11H,2,7-10,12H2,1H3/q+1. The second kappa shape index (κ2) is 7.96. The molecule has 1 aliphatic rings. The fourth-order valence-corrected chi connectivity index (χ4v) is 3.86. The molecule has 2 aromatic rings. The summed E-state index contributed by atoms with van der Waals surface area (Å²) in [7, 11) is 0. The largest absolute Gasteiger partial charge is 0.461 e. The van der Waals surface area contributed by atoms with E-state index in [0.717, 1.165) is 42.4 Å². The van der Waals surface area contributed by atoms with Gasteiger partial charge in [-0.3, -0.25) is 0 Å². The van der Waals surface area contributed by atoms with Gasteiger partial charge in [-0.15, -0.1) is 3.96 Å². The molecule has 7 heteroatoms. The zero-order valence-electron chi connectivity index (χ0n) is 13.5. The maximum absolute atomic E-state index is 11.8. The van der Waals surface area contributed by atoms with E-state index in [-0.39, 0.29) is 12.5 Å². The van der Waals surface area contributed by atoms with Gasteiger partial charge in [0.1, 0.15) is 0 Å².